The van der Waals surface area contributed by atoms with Gasteiger partial charge in [-0.15, -0.1) is 0 Å². The summed E-state index contributed by atoms with van der Waals surface area (Å²) in [5.41, 5.74) is 6.77. The van der Waals surface area contributed by atoms with Crippen molar-refractivity contribution >= 4 is 33.3 Å². The predicted molar refractivity (Wildman–Crippen MR) is 91.9 cm³/mol. The molecule has 9 heteroatoms. The number of sulfonamides is 1. The summed E-state index contributed by atoms with van der Waals surface area (Å²) in [6, 6.07) is 11.1. The molecule has 7 nitrogen and oxygen atoms in total. The molecular weight excluding hydrogens is 350 g/mol. The number of nitrogens with two attached hydrogens (primary N) is 1. The van der Waals surface area contributed by atoms with Crippen LogP contribution in [0.3, 0.4) is 0 Å². The van der Waals surface area contributed by atoms with Crippen molar-refractivity contribution in [2.75, 3.05) is 10.5 Å². The molecule has 0 aliphatic carbocycles. The fourth-order valence-corrected chi connectivity index (χ4v) is 3.28. The molecule has 0 bridgehead atoms. The van der Waals surface area contributed by atoms with Crippen molar-refractivity contribution in [3.63, 3.8) is 0 Å². The summed E-state index contributed by atoms with van der Waals surface area (Å²) < 4.78 is 27.3. The lowest BCUT2D eigenvalue weighted by Gasteiger charge is -2.10. The smallest absolute Gasteiger partial charge is 0.261 e. The minimum Gasteiger partial charge on any atom is -0.368 e. The highest BCUT2D eigenvalue weighted by molar-refractivity contribution is 7.92. The Morgan fingerprint density at radius 3 is 2.54 bits per heavy atom. The SMILES string of the molecule is Nc1nccc(-c2cnc(Cl)c(NS(=O)(=O)c3ccccc3)c2)n1. The molecule has 122 valence electrons. The highest BCUT2D eigenvalue weighted by Gasteiger charge is 2.16. The predicted octanol–water partition coefficient (Wildman–Crippen LogP) is 2.58. The zero-order valence-electron chi connectivity index (χ0n) is 12.2. The first-order valence-corrected chi connectivity index (χ1v) is 8.64. The maximum atomic E-state index is 12.4. The summed E-state index contributed by atoms with van der Waals surface area (Å²) in [7, 11) is -3.77. The second-order valence-electron chi connectivity index (χ2n) is 4.78. The highest BCUT2D eigenvalue weighted by atomic mass is 35.5. The first kappa shape index (κ1) is 16.2. The fourth-order valence-electron chi connectivity index (χ4n) is 2.00. The number of aromatic nitrogens is 3. The van der Waals surface area contributed by atoms with Gasteiger partial charge in [-0.05, 0) is 24.3 Å². The third-order valence-electron chi connectivity index (χ3n) is 3.11. The molecule has 0 spiro atoms. The molecule has 3 rings (SSSR count). The lowest BCUT2D eigenvalue weighted by molar-refractivity contribution is 0.601. The van der Waals surface area contributed by atoms with Gasteiger partial charge in [-0.1, -0.05) is 29.8 Å². The number of nitrogen functional groups attached to an aromatic ring is 1. The van der Waals surface area contributed by atoms with E-state index in [9.17, 15) is 8.42 Å². The molecule has 3 N–H and O–H groups in total. The van der Waals surface area contributed by atoms with Gasteiger partial charge in [-0.2, -0.15) is 0 Å². The van der Waals surface area contributed by atoms with E-state index in [1.807, 2.05) is 0 Å². The van der Waals surface area contributed by atoms with Crippen LogP contribution in [-0.2, 0) is 10.0 Å². The second kappa shape index (κ2) is 6.42. The Hall–Kier alpha value is -2.71. The van der Waals surface area contributed by atoms with Crippen molar-refractivity contribution in [1.29, 1.82) is 0 Å². The van der Waals surface area contributed by atoms with Crippen molar-refractivity contribution in [2.24, 2.45) is 0 Å². The molecule has 1 aromatic carbocycles. The van der Waals surface area contributed by atoms with E-state index in [1.54, 1.807) is 24.3 Å². The van der Waals surface area contributed by atoms with Gasteiger partial charge in [0, 0.05) is 18.0 Å². The minimum absolute atomic E-state index is 0.0280. The van der Waals surface area contributed by atoms with Gasteiger partial charge in [0.15, 0.2) is 5.15 Å². The maximum Gasteiger partial charge on any atom is 0.261 e. The van der Waals surface area contributed by atoms with Crippen molar-refractivity contribution in [3.8, 4) is 11.3 Å². The third-order valence-corrected chi connectivity index (χ3v) is 4.79. The molecule has 0 saturated heterocycles. The highest BCUT2D eigenvalue weighted by Crippen LogP contribution is 2.27. The molecule has 2 heterocycles. The van der Waals surface area contributed by atoms with E-state index in [0.717, 1.165) is 0 Å². The standard InChI is InChI=1S/C15H12ClN5O2S/c16-14-13(21-24(22,23)11-4-2-1-3-5-11)8-10(9-19-14)12-6-7-18-15(17)20-12/h1-9,21H,(H2,17,18,20). The summed E-state index contributed by atoms with van der Waals surface area (Å²) in [4.78, 5) is 12.0. The minimum atomic E-state index is -3.77. The van der Waals surface area contributed by atoms with Gasteiger partial charge in [0.05, 0.1) is 16.3 Å². The zero-order valence-corrected chi connectivity index (χ0v) is 13.8. The number of rotatable bonds is 4. The van der Waals surface area contributed by atoms with Gasteiger partial charge < -0.3 is 5.73 Å². The van der Waals surface area contributed by atoms with E-state index in [2.05, 4.69) is 19.7 Å². The molecule has 2 aromatic heterocycles. The molecule has 0 saturated carbocycles. The number of pyridine rings is 1. The summed E-state index contributed by atoms with van der Waals surface area (Å²) in [6.45, 7) is 0. The molecule has 24 heavy (non-hydrogen) atoms. The Bertz CT molecular complexity index is 980. The van der Waals surface area contributed by atoms with Gasteiger partial charge in [-0.25, -0.2) is 23.4 Å². The Balaban J connectivity index is 1.98. The normalized spacial score (nSPS) is 11.2. The van der Waals surface area contributed by atoms with E-state index in [4.69, 9.17) is 17.3 Å². The molecule has 0 atom stereocenters. The van der Waals surface area contributed by atoms with Crippen LogP contribution in [-0.4, -0.2) is 23.4 Å². The summed E-state index contributed by atoms with van der Waals surface area (Å²) in [5.74, 6) is 0.105. The van der Waals surface area contributed by atoms with E-state index < -0.39 is 10.0 Å². The van der Waals surface area contributed by atoms with Crippen LogP contribution in [0.15, 0.2) is 59.8 Å². The van der Waals surface area contributed by atoms with Crippen LogP contribution >= 0.6 is 11.6 Å². The van der Waals surface area contributed by atoms with E-state index >= 15 is 0 Å². The van der Waals surface area contributed by atoms with Crippen molar-refractivity contribution < 1.29 is 8.42 Å². The zero-order chi connectivity index (χ0) is 17.2. The molecule has 0 amide bonds. The maximum absolute atomic E-state index is 12.4. The number of anilines is 2. The number of halogens is 1. The van der Waals surface area contributed by atoms with Gasteiger partial charge in [0.2, 0.25) is 5.95 Å². The number of hydrogen-bond acceptors (Lipinski definition) is 6. The average Bonchev–Trinajstić information content (AvgIpc) is 2.57. The molecule has 0 unspecified atom stereocenters. The van der Waals surface area contributed by atoms with Gasteiger partial charge in [0.25, 0.3) is 10.0 Å². The van der Waals surface area contributed by atoms with Crippen LogP contribution in [0.25, 0.3) is 11.3 Å². The number of nitrogens with one attached hydrogen (secondary N) is 1. The van der Waals surface area contributed by atoms with Gasteiger partial charge >= 0.3 is 0 Å². The Kier molecular flexibility index (Phi) is 4.32. The van der Waals surface area contributed by atoms with E-state index in [1.165, 1.54) is 30.6 Å². The first-order chi connectivity index (χ1) is 11.5. The topological polar surface area (TPSA) is 111 Å². The van der Waals surface area contributed by atoms with Crippen LogP contribution in [0, 0.1) is 0 Å². The van der Waals surface area contributed by atoms with Crippen LogP contribution < -0.4 is 10.5 Å². The molecule has 0 radical (unpaired) electrons. The Labute approximate surface area is 143 Å². The molecule has 3 aromatic rings. The van der Waals surface area contributed by atoms with Crippen molar-refractivity contribution in [2.45, 2.75) is 4.90 Å². The van der Waals surface area contributed by atoms with Crippen LogP contribution in [0.2, 0.25) is 5.15 Å². The Morgan fingerprint density at radius 2 is 1.83 bits per heavy atom. The van der Waals surface area contributed by atoms with Crippen LogP contribution in [0.5, 0.6) is 0 Å². The number of nitrogens with zero attached hydrogens (tertiary/aromatic N) is 3. The summed E-state index contributed by atoms with van der Waals surface area (Å²) >= 11 is 6.01. The molecule has 0 aliphatic rings. The fraction of sp³-hybridized carbons (Fsp3) is 0. The number of benzene rings is 1. The summed E-state index contributed by atoms with van der Waals surface area (Å²) in [6.07, 6.45) is 2.98. The molecule has 0 fully saturated rings. The van der Waals surface area contributed by atoms with Crippen LogP contribution in [0.4, 0.5) is 11.6 Å². The first-order valence-electron chi connectivity index (χ1n) is 6.78. The number of hydrogen-bond donors (Lipinski definition) is 2. The largest absolute Gasteiger partial charge is 0.368 e. The van der Waals surface area contributed by atoms with E-state index in [0.29, 0.717) is 11.3 Å². The quantitative estimate of drug-likeness (QED) is 0.691. The Morgan fingerprint density at radius 1 is 1.08 bits per heavy atom. The van der Waals surface area contributed by atoms with Crippen molar-refractivity contribution in [3.05, 3.63) is 60.0 Å². The summed E-state index contributed by atoms with van der Waals surface area (Å²) in [5, 5.41) is 0.0280. The lowest BCUT2D eigenvalue weighted by atomic mass is 10.2. The van der Waals surface area contributed by atoms with Crippen molar-refractivity contribution in [1.82, 2.24) is 15.0 Å². The monoisotopic (exact) mass is 361 g/mol. The van der Waals surface area contributed by atoms with Crippen LogP contribution in [0.1, 0.15) is 0 Å². The van der Waals surface area contributed by atoms with Gasteiger partial charge in [0.1, 0.15) is 0 Å². The second-order valence-corrected chi connectivity index (χ2v) is 6.82. The average molecular weight is 362 g/mol. The lowest BCUT2D eigenvalue weighted by Crippen LogP contribution is -2.13. The van der Waals surface area contributed by atoms with E-state index in [-0.39, 0.29) is 21.7 Å². The molecular formula is C15H12ClN5O2S. The third kappa shape index (κ3) is 3.44. The molecule has 0 aliphatic heterocycles. The van der Waals surface area contributed by atoms with Gasteiger partial charge in [-0.3, -0.25) is 4.72 Å².